The fourth-order valence-electron chi connectivity index (χ4n) is 9.29. The number of hydrogen-bond donors (Lipinski definition) is 0. The van der Waals surface area contributed by atoms with E-state index in [1.807, 2.05) is 112 Å². The third-order valence-corrected chi connectivity index (χ3v) is 13.2. The van der Waals surface area contributed by atoms with Gasteiger partial charge in [-0.15, -0.1) is 48.1 Å². The third-order valence-electron chi connectivity index (χ3n) is 13.2. The molecule has 0 atom stereocenters. The van der Waals surface area contributed by atoms with E-state index in [-0.39, 0.29) is 67.2 Å². The molecule has 0 radical (unpaired) electrons. The van der Waals surface area contributed by atoms with E-state index in [0.717, 1.165) is 55.5 Å². The van der Waals surface area contributed by atoms with Gasteiger partial charge in [-0.1, -0.05) is 177 Å². The quantitative estimate of drug-likeness (QED) is 0.142. The van der Waals surface area contributed by atoms with Crippen molar-refractivity contribution >= 4 is 44.6 Å². The summed E-state index contributed by atoms with van der Waals surface area (Å²) in [5.41, 5.74) is 9.46. The number of anilines is 4. The van der Waals surface area contributed by atoms with E-state index in [9.17, 15) is 2.74 Å². The first kappa shape index (κ1) is 37.6. The molecule has 0 N–H and O–H groups in total. The number of hydrogen-bond acceptors (Lipinski definition) is 4. The fraction of sp³-hybridized carbons (Fsp3) is 0.182. The van der Waals surface area contributed by atoms with Gasteiger partial charge in [0, 0.05) is 72.5 Å². The summed E-state index contributed by atoms with van der Waals surface area (Å²) in [6.45, 7) is 21.2. The molecule has 6 heteroatoms. The molecule has 2 aromatic heterocycles. The monoisotopic (exact) mass is 1130 g/mol. The van der Waals surface area contributed by atoms with E-state index < -0.39 is 41.7 Å². The number of fused-ring (bicyclic) bond motifs is 4. The number of nitrogens with zero attached hydrogens (tertiary/aromatic N) is 4. The van der Waals surface area contributed by atoms with Gasteiger partial charge in [0.25, 0.3) is 0 Å². The normalized spacial score (nSPS) is 14.8. The number of pyridine rings is 1. The van der Waals surface area contributed by atoms with Crippen LogP contribution in [-0.2, 0) is 37.3 Å². The molecule has 1 aliphatic heterocycles. The molecule has 3 heterocycles. The van der Waals surface area contributed by atoms with Gasteiger partial charge in [0.2, 0.25) is 0 Å². The van der Waals surface area contributed by atoms with Gasteiger partial charge in [-0.3, -0.25) is 0 Å². The smallest absolute Gasteiger partial charge is 0.135 e. The molecule has 362 valence electrons. The summed E-state index contributed by atoms with van der Waals surface area (Å²) < 4.78 is 96.2. The number of benzene rings is 8. The van der Waals surface area contributed by atoms with E-state index >= 15 is 0 Å². The van der Waals surface area contributed by atoms with Crippen LogP contribution in [0.3, 0.4) is 0 Å². The van der Waals surface area contributed by atoms with Crippen LogP contribution in [0.1, 0.15) is 92.7 Å². The summed E-state index contributed by atoms with van der Waals surface area (Å²) in [6, 6.07) is 42.8. The summed E-state index contributed by atoms with van der Waals surface area (Å²) >= 11 is 0. The van der Waals surface area contributed by atoms with Crippen LogP contribution < -0.4 is 14.5 Å². The molecule has 0 saturated carbocycles. The number of ether oxygens (including phenoxy) is 1. The first-order valence-corrected chi connectivity index (χ1v) is 23.9. The molecule has 11 rings (SSSR count). The molecule has 1 aliphatic rings. The second-order valence-corrected chi connectivity index (χ2v) is 21.2. The average Bonchev–Trinajstić information content (AvgIpc) is 2.84. The molecule has 0 saturated heterocycles. The molecule has 8 aromatic carbocycles. The SMILES string of the molecule is [2H]c1c([2H])c([2H])c(-c2ccc3c(c2)c2ccc(Oc4[c-]c(N5[CH-]N(c6c(-c7cccc(C(C)(C)C)c7)cc(C(C)(C)C)cc6-c6c([2H])c([2H])c([2H])c([2H])c6[2H])c6ccccc65)ccc4)[c-]c2n3-c2cc(C(C)(C)C)ccn2)c([2H])c1[2H].[Pt]. The largest absolute Gasteiger partial charge is 0.509 e. The number of aromatic nitrogens is 2. The Hall–Kier alpha value is -7.20. The van der Waals surface area contributed by atoms with E-state index in [1.165, 1.54) is 0 Å². The van der Waals surface area contributed by atoms with Crippen molar-refractivity contribution in [2.75, 3.05) is 9.80 Å². The first-order valence-electron chi connectivity index (χ1n) is 28.9. The van der Waals surface area contributed by atoms with Crippen molar-refractivity contribution in [2.45, 2.75) is 78.6 Å². The van der Waals surface area contributed by atoms with Crippen LogP contribution in [0.2, 0.25) is 0 Å². The van der Waals surface area contributed by atoms with Gasteiger partial charge < -0.3 is 19.1 Å². The molecular formula is C66H59N4OPt-3. The van der Waals surface area contributed by atoms with Gasteiger partial charge in [-0.25, -0.2) is 4.98 Å². The van der Waals surface area contributed by atoms with Crippen molar-refractivity contribution in [2.24, 2.45) is 0 Å². The van der Waals surface area contributed by atoms with Crippen molar-refractivity contribution in [3.05, 3.63) is 223 Å². The second kappa shape index (κ2) is 18.8. The van der Waals surface area contributed by atoms with Crippen molar-refractivity contribution in [3.8, 4) is 50.7 Å². The predicted octanol–water partition coefficient (Wildman–Crippen LogP) is 17.9. The summed E-state index contributed by atoms with van der Waals surface area (Å²) in [5.74, 6) is 1.41. The van der Waals surface area contributed by atoms with Gasteiger partial charge in [0.05, 0.1) is 13.7 Å². The minimum atomic E-state index is -0.464. The molecule has 0 unspecified atom stereocenters. The summed E-state index contributed by atoms with van der Waals surface area (Å²) in [6.07, 6.45) is 1.78. The molecular weight excluding hydrogens is 1060 g/mol. The van der Waals surface area contributed by atoms with Crippen LogP contribution >= 0.6 is 0 Å². The summed E-state index contributed by atoms with van der Waals surface area (Å²) in [5, 5.41) is 1.54. The molecule has 0 bridgehead atoms. The van der Waals surface area contributed by atoms with Gasteiger partial charge in [0.1, 0.15) is 5.82 Å². The molecule has 10 aromatic rings. The van der Waals surface area contributed by atoms with Gasteiger partial charge in [-0.2, -0.15) is 12.1 Å². The van der Waals surface area contributed by atoms with Crippen molar-refractivity contribution in [3.63, 3.8) is 0 Å². The van der Waals surface area contributed by atoms with Crippen molar-refractivity contribution < 1.29 is 39.5 Å². The van der Waals surface area contributed by atoms with Crippen LogP contribution in [0.25, 0.3) is 61.0 Å². The van der Waals surface area contributed by atoms with E-state index in [2.05, 4.69) is 98.7 Å². The Morgan fingerprint density at radius 3 is 1.83 bits per heavy atom. The van der Waals surface area contributed by atoms with Crippen LogP contribution in [-0.4, -0.2) is 9.55 Å². The maximum atomic E-state index is 9.36. The topological polar surface area (TPSA) is 33.5 Å². The van der Waals surface area contributed by atoms with Gasteiger partial charge in [-0.05, 0) is 103 Å². The number of rotatable bonds is 8. The van der Waals surface area contributed by atoms with E-state index in [1.54, 1.807) is 12.3 Å². The van der Waals surface area contributed by atoms with Gasteiger partial charge >= 0.3 is 0 Å². The number of para-hydroxylation sites is 2. The zero-order chi connectivity index (χ0) is 57.9. The molecule has 72 heavy (non-hydrogen) atoms. The molecule has 0 fully saturated rings. The first-order chi connectivity index (χ1) is 38.2. The van der Waals surface area contributed by atoms with E-state index in [0.29, 0.717) is 45.3 Å². The minimum absolute atomic E-state index is 0. The maximum absolute atomic E-state index is 9.36. The van der Waals surface area contributed by atoms with Crippen molar-refractivity contribution in [1.82, 2.24) is 9.55 Å². The van der Waals surface area contributed by atoms with Crippen LogP contribution in [0.5, 0.6) is 11.5 Å². The third kappa shape index (κ3) is 9.16. The van der Waals surface area contributed by atoms with Crippen molar-refractivity contribution in [1.29, 1.82) is 0 Å². The van der Waals surface area contributed by atoms with Crippen LogP contribution in [0.4, 0.5) is 22.7 Å². The molecule has 0 aliphatic carbocycles. The minimum Gasteiger partial charge on any atom is -0.509 e. The Morgan fingerprint density at radius 1 is 0.514 bits per heavy atom. The standard InChI is InChI=1S/C66H59N4O.Pt/c1-64(2,3)48-25-18-24-47(36-48)56-39-50(66(7,8)9)38-55(45-22-14-11-15-23-45)63(56)69-43-68(59-28-16-17-29-60(59)69)51-26-19-27-52(41-51)71-53-31-32-54-57-37-46(44-20-12-10-13-21-44)30-33-58(57)70(61(54)42-53)62-40-49(34-35-67-62)65(4,5)6;/h10-40,43H,1-9H3;/q-3;/i10D,11D,12D,13D,14D,15D,20D,21D,22D,23D;. The van der Waals surface area contributed by atoms with Gasteiger partial charge in [0.15, 0.2) is 0 Å². The Bertz CT molecular complexity index is 4180. The predicted molar refractivity (Wildman–Crippen MR) is 297 cm³/mol. The molecule has 5 nitrogen and oxygen atoms in total. The average molecular weight is 1130 g/mol. The Balaban J connectivity index is 0.00000753. The second-order valence-electron chi connectivity index (χ2n) is 21.2. The van der Waals surface area contributed by atoms with E-state index in [4.69, 9.17) is 20.7 Å². The fourth-order valence-corrected chi connectivity index (χ4v) is 9.29. The Kier molecular flexibility index (Phi) is 9.79. The van der Waals surface area contributed by atoms with Crippen LogP contribution in [0, 0.1) is 18.8 Å². The Morgan fingerprint density at radius 2 is 1.14 bits per heavy atom. The molecule has 0 amide bonds. The zero-order valence-electron chi connectivity index (χ0n) is 51.7. The van der Waals surface area contributed by atoms with Crippen LogP contribution in [0.15, 0.2) is 188 Å². The maximum Gasteiger partial charge on any atom is 0.135 e. The molecule has 0 spiro atoms. The zero-order valence-corrected chi connectivity index (χ0v) is 44.0. The summed E-state index contributed by atoms with van der Waals surface area (Å²) in [4.78, 5) is 8.91. The summed E-state index contributed by atoms with van der Waals surface area (Å²) in [7, 11) is 0. The Labute approximate surface area is 454 Å².